The van der Waals surface area contributed by atoms with E-state index in [0.717, 1.165) is 0 Å². The van der Waals surface area contributed by atoms with Gasteiger partial charge in [0.25, 0.3) is 0 Å². The number of carboxylic acids is 2. The Morgan fingerprint density at radius 1 is 1.27 bits per heavy atom. The van der Waals surface area contributed by atoms with Crippen molar-refractivity contribution in [3.63, 3.8) is 0 Å². The van der Waals surface area contributed by atoms with Crippen molar-refractivity contribution in [3.8, 4) is 0 Å². The predicted molar refractivity (Wildman–Crippen MR) is 50.7 cm³/mol. The van der Waals surface area contributed by atoms with E-state index in [9.17, 15) is 9.59 Å². The van der Waals surface area contributed by atoms with Gasteiger partial charge < -0.3 is 10.2 Å². The van der Waals surface area contributed by atoms with Gasteiger partial charge >= 0.3 is 11.9 Å². The van der Waals surface area contributed by atoms with Crippen molar-refractivity contribution in [2.45, 2.75) is 3.74 Å². The summed E-state index contributed by atoms with van der Waals surface area (Å²) in [5.74, 6) is -1.74. The SMILES string of the molecule is O=C(O)C(Br)Br.O=C(O)CBr. The molecule has 0 rings (SSSR count). The van der Waals surface area contributed by atoms with Crippen molar-refractivity contribution < 1.29 is 19.8 Å². The zero-order chi connectivity index (χ0) is 9.44. The molecule has 0 amide bonds. The maximum atomic E-state index is 9.61. The van der Waals surface area contributed by atoms with Crippen LogP contribution in [0, 0.1) is 0 Å². The molecule has 11 heavy (non-hydrogen) atoms. The molecule has 0 aliphatic heterocycles. The van der Waals surface area contributed by atoms with Crippen LogP contribution in [0.3, 0.4) is 0 Å². The zero-order valence-electron chi connectivity index (χ0n) is 5.13. The maximum Gasteiger partial charge on any atom is 0.328 e. The monoisotopic (exact) mass is 354 g/mol. The summed E-state index contributed by atoms with van der Waals surface area (Å²) < 4.78 is -0.606. The van der Waals surface area contributed by atoms with Crippen LogP contribution >= 0.6 is 47.8 Å². The molecule has 0 aromatic carbocycles. The first kappa shape index (κ1) is 13.9. The van der Waals surface area contributed by atoms with Crippen LogP contribution in [0.5, 0.6) is 0 Å². The first-order valence-electron chi connectivity index (χ1n) is 2.20. The number of carboxylic acid groups (broad SMARTS) is 2. The van der Waals surface area contributed by atoms with E-state index in [1.54, 1.807) is 0 Å². The Hall–Kier alpha value is 0.380. The second-order valence-electron chi connectivity index (χ2n) is 1.17. The average molecular weight is 357 g/mol. The molecule has 0 atom stereocenters. The molecule has 0 saturated carbocycles. The Morgan fingerprint density at radius 2 is 1.45 bits per heavy atom. The average Bonchev–Trinajstić information content (AvgIpc) is 1.89. The number of hydrogen-bond donors (Lipinski definition) is 2. The fourth-order valence-electron chi connectivity index (χ4n) is 0. The normalized spacial score (nSPS) is 8.36. The summed E-state index contributed by atoms with van der Waals surface area (Å²) in [7, 11) is 0. The summed E-state index contributed by atoms with van der Waals surface area (Å²) in [5.41, 5.74) is 0. The number of rotatable bonds is 2. The van der Waals surface area contributed by atoms with E-state index in [2.05, 4.69) is 47.8 Å². The fraction of sp³-hybridized carbons (Fsp3) is 0.500. The van der Waals surface area contributed by atoms with Crippen LogP contribution in [-0.2, 0) is 9.59 Å². The lowest BCUT2D eigenvalue weighted by molar-refractivity contribution is -0.135. The molecule has 0 unspecified atom stereocenters. The van der Waals surface area contributed by atoms with Crippen molar-refractivity contribution in [1.29, 1.82) is 0 Å². The van der Waals surface area contributed by atoms with Crippen LogP contribution in [0.15, 0.2) is 0 Å². The van der Waals surface area contributed by atoms with Gasteiger partial charge in [0.05, 0.1) is 0 Å². The molecular weight excluding hydrogens is 352 g/mol. The molecule has 0 heterocycles. The first-order chi connectivity index (χ1) is 4.91. The molecule has 4 nitrogen and oxygen atoms in total. The maximum absolute atomic E-state index is 9.61. The quantitative estimate of drug-likeness (QED) is 0.738. The Bertz CT molecular complexity index is 135. The van der Waals surface area contributed by atoms with Crippen molar-refractivity contribution in [1.82, 2.24) is 0 Å². The minimum atomic E-state index is -0.907. The van der Waals surface area contributed by atoms with E-state index in [1.807, 2.05) is 0 Å². The van der Waals surface area contributed by atoms with Gasteiger partial charge in [-0.15, -0.1) is 0 Å². The van der Waals surface area contributed by atoms with Crippen LogP contribution in [0.1, 0.15) is 0 Å². The molecule has 0 spiro atoms. The molecule has 2 N–H and O–H groups in total. The molecule has 0 aliphatic rings. The van der Waals surface area contributed by atoms with Crippen LogP contribution in [0.25, 0.3) is 0 Å². The third-order valence-corrected chi connectivity index (χ3v) is 1.56. The highest BCUT2D eigenvalue weighted by molar-refractivity contribution is 9.25. The predicted octanol–water partition coefficient (Wildman–Crippen LogP) is 1.65. The smallest absolute Gasteiger partial charge is 0.328 e. The van der Waals surface area contributed by atoms with Gasteiger partial charge in [-0.1, -0.05) is 47.8 Å². The van der Waals surface area contributed by atoms with Gasteiger partial charge in [0.2, 0.25) is 0 Å². The summed E-state index contributed by atoms with van der Waals surface area (Å²) in [6.07, 6.45) is 0. The van der Waals surface area contributed by atoms with E-state index in [0.29, 0.717) is 0 Å². The van der Waals surface area contributed by atoms with Gasteiger partial charge in [0, 0.05) is 0 Å². The molecule has 0 aliphatic carbocycles. The van der Waals surface area contributed by atoms with Gasteiger partial charge in [-0.05, 0) is 0 Å². The lowest BCUT2D eigenvalue weighted by atomic mass is 10.8. The second-order valence-corrected chi connectivity index (χ2v) is 4.79. The molecule has 0 aromatic heterocycles. The number of hydrogen-bond acceptors (Lipinski definition) is 2. The van der Waals surface area contributed by atoms with E-state index in [1.165, 1.54) is 0 Å². The summed E-state index contributed by atoms with van der Waals surface area (Å²) in [6, 6.07) is 0. The minimum Gasteiger partial charge on any atom is -0.481 e. The molecule has 66 valence electrons. The summed E-state index contributed by atoms with van der Waals surface area (Å²) in [5, 5.41) is 15.6. The molecule has 7 heteroatoms. The lowest BCUT2D eigenvalue weighted by Gasteiger charge is -1.84. The topological polar surface area (TPSA) is 74.6 Å². The van der Waals surface area contributed by atoms with E-state index >= 15 is 0 Å². The Kier molecular flexibility index (Phi) is 10.7. The largest absolute Gasteiger partial charge is 0.481 e. The van der Waals surface area contributed by atoms with Crippen molar-refractivity contribution in [2.24, 2.45) is 0 Å². The van der Waals surface area contributed by atoms with Gasteiger partial charge in [-0.3, -0.25) is 9.59 Å². The van der Waals surface area contributed by atoms with E-state index < -0.39 is 15.7 Å². The zero-order valence-corrected chi connectivity index (χ0v) is 9.89. The highest BCUT2D eigenvalue weighted by atomic mass is 79.9. The van der Waals surface area contributed by atoms with Crippen molar-refractivity contribution in [3.05, 3.63) is 0 Å². The van der Waals surface area contributed by atoms with Crippen molar-refractivity contribution in [2.75, 3.05) is 5.33 Å². The molecule has 0 aromatic rings. The highest BCUT2D eigenvalue weighted by Gasteiger charge is 2.04. The number of aliphatic carboxylic acids is 2. The number of alkyl halides is 3. The number of carbonyl (C=O) groups is 2. The highest BCUT2D eigenvalue weighted by Crippen LogP contribution is 2.05. The third kappa shape index (κ3) is 17.9. The summed E-state index contributed by atoms with van der Waals surface area (Å²) >= 11 is 8.23. The van der Waals surface area contributed by atoms with Crippen LogP contribution in [0.4, 0.5) is 0 Å². The van der Waals surface area contributed by atoms with Gasteiger partial charge in [-0.25, -0.2) is 0 Å². The third-order valence-electron chi connectivity index (χ3n) is 0.301. The van der Waals surface area contributed by atoms with Crippen LogP contribution in [-0.4, -0.2) is 31.2 Å². The van der Waals surface area contributed by atoms with E-state index in [4.69, 9.17) is 10.2 Å². The van der Waals surface area contributed by atoms with Crippen LogP contribution in [0.2, 0.25) is 0 Å². The molecule has 0 radical (unpaired) electrons. The van der Waals surface area contributed by atoms with E-state index in [-0.39, 0.29) is 5.33 Å². The van der Waals surface area contributed by atoms with Gasteiger partial charge in [-0.2, -0.15) is 0 Å². The number of halogens is 3. The minimum absolute atomic E-state index is 0.0347. The van der Waals surface area contributed by atoms with Gasteiger partial charge in [0.15, 0.2) is 3.74 Å². The first-order valence-corrected chi connectivity index (χ1v) is 5.15. The molecule has 0 fully saturated rings. The molecule has 0 saturated heterocycles. The molecular formula is C4H5Br3O4. The van der Waals surface area contributed by atoms with Gasteiger partial charge in [0.1, 0.15) is 5.33 Å². The van der Waals surface area contributed by atoms with Crippen molar-refractivity contribution >= 4 is 59.7 Å². The van der Waals surface area contributed by atoms with Crippen LogP contribution < -0.4 is 0 Å². The summed E-state index contributed by atoms with van der Waals surface area (Å²) in [4.78, 5) is 18.9. The fourth-order valence-corrected chi connectivity index (χ4v) is 0. The Morgan fingerprint density at radius 3 is 1.45 bits per heavy atom. The lowest BCUT2D eigenvalue weighted by Crippen LogP contribution is -2.02. The summed E-state index contributed by atoms with van der Waals surface area (Å²) in [6.45, 7) is 0. The Balaban J connectivity index is 0. The standard InChI is InChI=1S/C2H2Br2O2.C2H3BrO2/c3-1(4)2(5)6;3-1-2(4)5/h1H,(H,5,6);1H2,(H,4,5). The Labute approximate surface area is 88.4 Å². The second kappa shape index (κ2) is 8.48. The molecule has 0 bridgehead atoms.